The van der Waals surface area contributed by atoms with Crippen molar-refractivity contribution in [2.75, 3.05) is 30.4 Å². The van der Waals surface area contributed by atoms with Crippen molar-refractivity contribution >= 4 is 28.9 Å². The Morgan fingerprint density at radius 3 is 2.76 bits per heavy atom. The van der Waals surface area contributed by atoms with Crippen molar-refractivity contribution in [1.29, 1.82) is 0 Å². The van der Waals surface area contributed by atoms with Gasteiger partial charge in [0.2, 0.25) is 0 Å². The molecule has 0 amide bonds. The maximum absolute atomic E-state index is 6.11. The maximum atomic E-state index is 6.11. The third-order valence-electron chi connectivity index (χ3n) is 3.95. The van der Waals surface area contributed by atoms with Gasteiger partial charge >= 0.3 is 0 Å². The Balaban J connectivity index is 1.63. The van der Waals surface area contributed by atoms with Crippen LogP contribution in [0.1, 0.15) is 5.56 Å². The van der Waals surface area contributed by atoms with Crippen LogP contribution < -0.4 is 20.7 Å². The molecule has 3 rings (SSSR count). The van der Waals surface area contributed by atoms with Gasteiger partial charge in [-0.1, -0.05) is 35.9 Å². The van der Waals surface area contributed by atoms with Gasteiger partial charge in [0.15, 0.2) is 5.96 Å². The number of ether oxygens (including phenoxy) is 1. The highest BCUT2D eigenvalue weighted by molar-refractivity contribution is 6.32. The van der Waals surface area contributed by atoms with E-state index in [9.17, 15) is 0 Å². The van der Waals surface area contributed by atoms with Crippen molar-refractivity contribution in [3.05, 3.63) is 65.2 Å². The highest BCUT2D eigenvalue weighted by Gasteiger charge is 2.08. The van der Waals surface area contributed by atoms with Crippen LogP contribution in [0.3, 0.4) is 0 Å². The van der Waals surface area contributed by atoms with Gasteiger partial charge in [-0.05, 0) is 35.9 Å². The van der Waals surface area contributed by atoms with Crippen molar-refractivity contribution < 1.29 is 4.74 Å². The van der Waals surface area contributed by atoms with Crippen LogP contribution in [0.5, 0.6) is 5.75 Å². The maximum Gasteiger partial charge on any atom is 0.193 e. The molecule has 0 aliphatic carbocycles. The fourth-order valence-corrected chi connectivity index (χ4v) is 2.91. The molecule has 1 aliphatic heterocycles. The van der Waals surface area contributed by atoms with E-state index in [1.807, 2.05) is 18.2 Å². The molecule has 0 spiro atoms. The number of guanidine groups is 1. The minimum Gasteiger partial charge on any atom is -0.495 e. The molecule has 25 heavy (non-hydrogen) atoms. The first-order valence-electron chi connectivity index (χ1n) is 8.05. The highest BCUT2D eigenvalue weighted by atomic mass is 35.5. The molecule has 1 heterocycles. The van der Waals surface area contributed by atoms with Crippen molar-refractivity contribution in [3.8, 4) is 5.75 Å². The molecule has 5 nitrogen and oxygen atoms in total. The summed E-state index contributed by atoms with van der Waals surface area (Å²) in [5, 5.41) is 3.56. The van der Waals surface area contributed by atoms with Crippen LogP contribution in [0.25, 0.3) is 0 Å². The SMILES string of the molecule is COc1ccc(NC(N)=NCc2cccc(N3CC=CC3)c2)cc1Cl. The minimum absolute atomic E-state index is 0.342. The largest absolute Gasteiger partial charge is 0.495 e. The number of methoxy groups -OCH3 is 1. The third kappa shape index (κ3) is 4.45. The molecule has 1 aliphatic rings. The molecule has 2 aromatic rings. The van der Waals surface area contributed by atoms with Gasteiger partial charge in [0, 0.05) is 24.5 Å². The number of hydrogen-bond donors (Lipinski definition) is 2. The normalized spacial score (nSPS) is 14.0. The summed E-state index contributed by atoms with van der Waals surface area (Å²) in [4.78, 5) is 6.70. The van der Waals surface area contributed by atoms with E-state index < -0.39 is 0 Å². The molecule has 3 N–H and O–H groups in total. The van der Waals surface area contributed by atoms with Crippen LogP contribution in [-0.4, -0.2) is 26.2 Å². The standard InChI is InChI=1S/C19H21ClN4O/c1-25-18-8-7-15(12-17(18)20)23-19(21)22-13-14-5-4-6-16(11-14)24-9-2-3-10-24/h2-8,11-12H,9-10,13H2,1H3,(H3,21,22,23). The van der Waals surface area contributed by atoms with E-state index in [0.717, 1.165) is 24.3 Å². The van der Waals surface area contributed by atoms with Gasteiger partial charge in [0.25, 0.3) is 0 Å². The summed E-state index contributed by atoms with van der Waals surface area (Å²) in [5.74, 6) is 0.963. The van der Waals surface area contributed by atoms with Crippen LogP contribution in [-0.2, 0) is 6.54 Å². The van der Waals surface area contributed by atoms with Crippen LogP contribution in [0.4, 0.5) is 11.4 Å². The van der Waals surface area contributed by atoms with E-state index in [2.05, 4.69) is 39.5 Å². The van der Waals surface area contributed by atoms with Gasteiger partial charge < -0.3 is 20.7 Å². The lowest BCUT2D eigenvalue weighted by molar-refractivity contribution is 0.415. The van der Waals surface area contributed by atoms with Gasteiger partial charge in [0.1, 0.15) is 5.75 Å². The van der Waals surface area contributed by atoms with E-state index in [-0.39, 0.29) is 0 Å². The summed E-state index contributed by atoms with van der Waals surface area (Å²) in [6.45, 7) is 2.42. The van der Waals surface area contributed by atoms with E-state index in [4.69, 9.17) is 22.1 Å². The molecule has 6 heteroatoms. The molecule has 0 unspecified atom stereocenters. The van der Waals surface area contributed by atoms with Crippen LogP contribution in [0, 0.1) is 0 Å². The number of anilines is 2. The fraction of sp³-hybridized carbons (Fsp3) is 0.211. The zero-order chi connectivity index (χ0) is 17.6. The Kier molecular flexibility index (Phi) is 5.46. The average Bonchev–Trinajstić information content (AvgIpc) is 3.15. The molecule has 2 aromatic carbocycles. The van der Waals surface area contributed by atoms with Gasteiger partial charge in [0.05, 0.1) is 18.7 Å². The van der Waals surface area contributed by atoms with E-state index in [0.29, 0.717) is 23.3 Å². The van der Waals surface area contributed by atoms with Gasteiger partial charge in [-0.25, -0.2) is 4.99 Å². The van der Waals surface area contributed by atoms with E-state index in [1.165, 1.54) is 5.69 Å². The zero-order valence-electron chi connectivity index (χ0n) is 14.1. The van der Waals surface area contributed by atoms with E-state index in [1.54, 1.807) is 19.2 Å². The Morgan fingerprint density at radius 1 is 1.24 bits per heavy atom. The number of nitrogens with two attached hydrogens (primary N) is 1. The summed E-state index contributed by atoms with van der Waals surface area (Å²) >= 11 is 6.11. The van der Waals surface area contributed by atoms with Crippen LogP contribution in [0.2, 0.25) is 5.02 Å². The number of benzene rings is 2. The van der Waals surface area contributed by atoms with Crippen LogP contribution in [0.15, 0.2) is 59.6 Å². The number of nitrogens with zero attached hydrogens (tertiary/aromatic N) is 2. The number of hydrogen-bond acceptors (Lipinski definition) is 3. The Bertz CT molecular complexity index is 796. The summed E-state index contributed by atoms with van der Waals surface area (Å²) in [6.07, 6.45) is 4.35. The number of halogens is 1. The molecule has 0 atom stereocenters. The molecule has 130 valence electrons. The fourth-order valence-electron chi connectivity index (χ4n) is 2.65. The molecular weight excluding hydrogens is 336 g/mol. The van der Waals surface area contributed by atoms with Gasteiger partial charge in [-0.2, -0.15) is 0 Å². The van der Waals surface area contributed by atoms with Crippen LogP contribution >= 0.6 is 11.6 Å². The average molecular weight is 357 g/mol. The number of rotatable bonds is 5. The second kappa shape index (κ2) is 7.94. The quantitative estimate of drug-likeness (QED) is 0.487. The Labute approximate surface area is 152 Å². The lowest BCUT2D eigenvalue weighted by Crippen LogP contribution is -2.22. The van der Waals surface area contributed by atoms with Crippen molar-refractivity contribution in [2.45, 2.75) is 6.54 Å². The Morgan fingerprint density at radius 2 is 2.04 bits per heavy atom. The first-order chi connectivity index (χ1) is 12.2. The summed E-state index contributed by atoms with van der Waals surface area (Å²) in [5.41, 5.74) is 9.06. The first kappa shape index (κ1) is 17.2. The third-order valence-corrected chi connectivity index (χ3v) is 4.25. The molecule has 0 aromatic heterocycles. The number of nitrogens with one attached hydrogen (secondary N) is 1. The lowest BCUT2D eigenvalue weighted by Gasteiger charge is -2.18. The molecule has 0 bridgehead atoms. The lowest BCUT2D eigenvalue weighted by atomic mass is 10.2. The summed E-state index contributed by atoms with van der Waals surface area (Å²) < 4.78 is 5.13. The van der Waals surface area contributed by atoms with Gasteiger partial charge in [-0.15, -0.1) is 0 Å². The highest BCUT2D eigenvalue weighted by Crippen LogP contribution is 2.27. The predicted octanol–water partition coefficient (Wildman–Crippen LogP) is 3.65. The number of aliphatic imine (C=N–C) groups is 1. The topological polar surface area (TPSA) is 62.9 Å². The smallest absolute Gasteiger partial charge is 0.193 e. The summed E-state index contributed by atoms with van der Waals surface area (Å²) in [6, 6.07) is 13.7. The minimum atomic E-state index is 0.342. The zero-order valence-corrected chi connectivity index (χ0v) is 14.8. The van der Waals surface area contributed by atoms with Gasteiger partial charge in [-0.3, -0.25) is 0 Å². The Hall–Kier alpha value is -2.66. The summed E-state index contributed by atoms with van der Waals surface area (Å²) in [7, 11) is 1.58. The van der Waals surface area contributed by atoms with Crippen molar-refractivity contribution in [2.24, 2.45) is 10.7 Å². The molecule has 0 saturated carbocycles. The van der Waals surface area contributed by atoms with E-state index >= 15 is 0 Å². The monoisotopic (exact) mass is 356 g/mol. The second-order valence-corrected chi connectivity index (χ2v) is 6.13. The molecule has 0 saturated heterocycles. The van der Waals surface area contributed by atoms with Crippen molar-refractivity contribution in [3.63, 3.8) is 0 Å². The van der Waals surface area contributed by atoms with Crippen molar-refractivity contribution in [1.82, 2.24) is 0 Å². The molecule has 0 fully saturated rings. The molecular formula is C19H21ClN4O. The predicted molar refractivity (Wildman–Crippen MR) is 105 cm³/mol. The first-order valence-corrected chi connectivity index (χ1v) is 8.43. The molecule has 0 radical (unpaired) electrons. The second-order valence-electron chi connectivity index (χ2n) is 5.72.